The molecular weight excluding hydrogens is 645 g/mol. The number of thiophene rings is 1. The summed E-state index contributed by atoms with van der Waals surface area (Å²) in [4.78, 5) is 10.4. The van der Waals surface area contributed by atoms with Crippen molar-refractivity contribution in [2.75, 3.05) is 0 Å². The van der Waals surface area contributed by atoms with E-state index in [-0.39, 0.29) is 6.17 Å². The van der Waals surface area contributed by atoms with E-state index in [0.29, 0.717) is 5.84 Å². The molecule has 6 heteroatoms. The monoisotopic (exact) mass is 672 g/mol. The quantitative estimate of drug-likeness (QED) is 0.202. The third-order valence-electron chi connectivity index (χ3n) is 10.0. The van der Waals surface area contributed by atoms with E-state index in [2.05, 4.69) is 131 Å². The molecule has 7 aromatic carbocycles. The van der Waals surface area contributed by atoms with E-state index in [1.807, 2.05) is 47.7 Å². The fourth-order valence-electron chi connectivity index (χ4n) is 7.73. The Labute approximate surface area is 296 Å². The highest BCUT2D eigenvalue weighted by Crippen LogP contribution is 2.42. The molecule has 3 aromatic heterocycles. The van der Waals surface area contributed by atoms with Gasteiger partial charge in [-0.2, -0.15) is 0 Å². The fraction of sp³-hybridized carbons (Fsp3) is 0.0222. The van der Waals surface area contributed by atoms with E-state index >= 15 is 0 Å². The second-order valence-corrected chi connectivity index (χ2v) is 14.1. The number of hydrogen-bond acceptors (Lipinski definition) is 5. The first-order chi connectivity index (χ1) is 25.3. The minimum Gasteiger partial charge on any atom is -0.456 e. The first-order valence-electron chi connectivity index (χ1n) is 17.1. The van der Waals surface area contributed by atoms with Crippen LogP contribution in [0.4, 0.5) is 0 Å². The van der Waals surface area contributed by atoms with Crippen molar-refractivity contribution < 1.29 is 4.42 Å². The lowest BCUT2D eigenvalue weighted by Crippen LogP contribution is -2.33. The van der Waals surface area contributed by atoms with Gasteiger partial charge in [-0.3, -0.25) is 0 Å². The van der Waals surface area contributed by atoms with Gasteiger partial charge >= 0.3 is 0 Å². The molecule has 0 saturated heterocycles. The van der Waals surface area contributed by atoms with Crippen molar-refractivity contribution in [3.8, 4) is 5.69 Å². The fourth-order valence-corrected chi connectivity index (χ4v) is 8.89. The number of furan rings is 1. The molecule has 1 N–H and O–H groups in total. The summed E-state index contributed by atoms with van der Waals surface area (Å²) in [5.41, 5.74) is 8.26. The van der Waals surface area contributed by atoms with Crippen LogP contribution in [0, 0.1) is 0 Å². The number of para-hydroxylation sites is 2. The van der Waals surface area contributed by atoms with Crippen molar-refractivity contribution in [1.29, 1.82) is 0 Å². The number of nitrogens with zero attached hydrogens (tertiary/aromatic N) is 3. The topological polar surface area (TPSA) is 54.8 Å². The lowest BCUT2D eigenvalue weighted by Gasteiger charge is -2.24. The smallest absolute Gasteiger partial charge is 0.159 e. The zero-order valence-electron chi connectivity index (χ0n) is 27.2. The van der Waals surface area contributed by atoms with E-state index < -0.39 is 0 Å². The number of nitrogens with one attached hydrogen (secondary N) is 1. The Morgan fingerprint density at radius 1 is 0.569 bits per heavy atom. The maximum absolute atomic E-state index is 6.36. The molecule has 5 nitrogen and oxygen atoms in total. The summed E-state index contributed by atoms with van der Waals surface area (Å²) in [5.74, 6) is 1.51. The summed E-state index contributed by atoms with van der Waals surface area (Å²) >= 11 is 1.82. The molecule has 1 atom stereocenters. The summed E-state index contributed by atoms with van der Waals surface area (Å²) in [7, 11) is 0. The summed E-state index contributed by atoms with van der Waals surface area (Å²) in [6.07, 6.45) is -0.298. The van der Waals surface area contributed by atoms with Gasteiger partial charge < -0.3 is 14.3 Å². The summed E-state index contributed by atoms with van der Waals surface area (Å²) in [6.45, 7) is 0. The van der Waals surface area contributed by atoms with Gasteiger partial charge in [0.25, 0.3) is 0 Å². The highest BCUT2D eigenvalue weighted by atomic mass is 32.1. The molecule has 1 aliphatic rings. The summed E-state index contributed by atoms with van der Waals surface area (Å²) < 4.78 is 11.2. The Bertz CT molecular complexity index is 3060. The second-order valence-electron chi connectivity index (χ2n) is 13.0. The molecule has 4 heterocycles. The third kappa shape index (κ3) is 4.40. The SMILES string of the molecule is c1ccc(C2=NC(c3ccccc3)NC(c3cc(-n4c5ccccc5c5cc6oc7ccccc7c6cc54)cc4sc5ccccc5c34)=N2)cc1. The predicted octanol–water partition coefficient (Wildman–Crippen LogP) is 11.5. The largest absolute Gasteiger partial charge is 0.456 e. The summed E-state index contributed by atoms with van der Waals surface area (Å²) in [5, 5.41) is 10.7. The molecule has 0 aliphatic carbocycles. The molecule has 240 valence electrons. The number of aromatic nitrogens is 1. The number of aliphatic imine (C=N–C) groups is 2. The van der Waals surface area contributed by atoms with Crippen molar-refractivity contribution in [2.45, 2.75) is 6.17 Å². The van der Waals surface area contributed by atoms with Crippen LogP contribution in [0.25, 0.3) is 69.6 Å². The van der Waals surface area contributed by atoms with Gasteiger partial charge in [-0.15, -0.1) is 11.3 Å². The van der Waals surface area contributed by atoms with Crippen LogP contribution >= 0.6 is 11.3 Å². The Kier molecular flexibility index (Phi) is 6.12. The van der Waals surface area contributed by atoms with Gasteiger partial charge in [0, 0.05) is 58.5 Å². The van der Waals surface area contributed by atoms with E-state index in [4.69, 9.17) is 14.4 Å². The first kappa shape index (κ1) is 28.3. The molecule has 1 aliphatic heterocycles. The molecule has 11 rings (SSSR count). The Morgan fingerprint density at radius 2 is 1.29 bits per heavy atom. The Hall–Kier alpha value is -6.50. The van der Waals surface area contributed by atoms with Crippen molar-refractivity contribution in [1.82, 2.24) is 9.88 Å². The van der Waals surface area contributed by atoms with Gasteiger partial charge in [-0.1, -0.05) is 115 Å². The first-order valence-corrected chi connectivity index (χ1v) is 17.9. The number of hydrogen-bond donors (Lipinski definition) is 1. The van der Waals surface area contributed by atoms with Crippen LogP contribution in [0.1, 0.15) is 22.9 Å². The van der Waals surface area contributed by atoms with E-state index in [1.54, 1.807) is 0 Å². The molecule has 1 unspecified atom stereocenters. The minimum absolute atomic E-state index is 0.298. The zero-order chi connectivity index (χ0) is 33.5. The number of fused-ring (bicyclic) bond motifs is 9. The van der Waals surface area contributed by atoms with Crippen molar-refractivity contribution in [3.05, 3.63) is 174 Å². The van der Waals surface area contributed by atoms with Gasteiger partial charge in [0.1, 0.15) is 23.2 Å². The Balaban J connectivity index is 1.21. The molecule has 10 aromatic rings. The number of amidine groups is 2. The van der Waals surface area contributed by atoms with Gasteiger partial charge in [0.2, 0.25) is 0 Å². The lowest BCUT2D eigenvalue weighted by molar-refractivity contribution is 0.669. The molecular formula is C45H28N4OS. The van der Waals surface area contributed by atoms with Crippen LogP contribution in [0.5, 0.6) is 0 Å². The molecule has 0 saturated carbocycles. The van der Waals surface area contributed by atoms with E-state index in [9.17, 15) is 0 Å². The van der Waals surface area contributed by atoms with Crippen molar-refractivity contribution >= 4 is 86.9 Å². The van der Waals surface area contributed by atoms with Crippen LogP contribution in [0.3, 0.4) is 0 Å². The molecule has 0 radical (unpaired) electrons. The van der Waals surface area contributed by atoms with E-state index in [0.717, 1.165) is 66.6 Å². The number of benzene rings is 7. The van der Waals surface area contributed by atoms with Crippen LogP contribution in [-0.4, -0.2) is 16.2 Å². The van der Waals surface area contributed by atoms with Crippen LogP contribution in [0.15, 0.2) is 172 Å². The third-order valence-corrected chi connectivity index (χ3v) is 11.2. The maximum Gasteiger partial charge on any atom is 0.159 e. The molecule has 0 bridgehead atoms. The van der Waals surface area contributed by atoms with Gasteiger partial charge in [0.15, 0.2) is 5.84 Å². The average Bonchev–Trinajstić information content (AvgIpc) is 3.86. The van der Waals surface area contributed by atoms with E-state index in [1.165, 1.54) is 25.6 Å². The highest BCUT2D eigenvalue weighted by Gasteiger charge is 2.25. The predicted molar refractivity (Wildman–Crippen MR) is 213 cm³/mol. The minimum atomic E-state index is -0.298. The lowest BCUT2D eigenvalue weighted by atomic mass is 10.0. The summed E-state index contributed by atoms with van der Waals surface area (Å²) in [6, 6.07) is 55.5. The zero-order valence-corrected chi connectivity index (χ0v) is 28.1. The second kappa shape index (κ2) is 11.0. The number of rotatable bonds is 4. The van der Waals surface area contributed by atoms with Gasteiger partial charge in [0.05, 0.1) is 11.0 Å². The van der Waals surface area contributed by atoms with Crippen LogP contribution in [-0.2, 0) is 0 Å². The molecule has 0 amide bonds. The maximum atomic E-state index is 6.36. The molecule has 0 fully saturated rings. The van der Waals surface area contributed by atoms with Gasteiger partial charge in [-0.25, -0.2) is 9.98 Å². The van der Waals surface area contributed by atoms with Crippen molar-refractivity contribution in [3.63, 3.8) is 0 Å². The molecule has 51 heavy (non-hydrogen) atoms. The average molecular weight is 673 g/mol. The normalized spacial score (nSPS) is 14.9. The van der Waals surface area contributed by atoms with Gasteiger partial charge in [-0.05, 0) is 48.0 Å². The van der Waals surface area contributed by atoms with Crippen LogP contribution < -0.4 is 5.32 Å². The standard InChI is InChI=1S/C45H28N4OS/c1-3-13-27(14-4-1)43-46-44(28-15-5-2-6-16-28)48-45(47-43)35-23-29(24-41-42(35)32-19-9-12-22-40(32)51-41)49-36-20-10-7-17-30(36)33-26-39-34(25-37(33)49)31-18-8-11-21-38(31)50-39/h1-26,43H,(H,46,47,48). The highest BCUT2D eigenvalue weighted by molar-refractivity contribution is 7.25. The van der Waals surface area contributed by atoms with Crippen molar-refractivity contribution in [2.24, 2.45) is 9.98 Å². The van der Waals surface area contributed by atoms with Crippen LogP contribution in [0.2, 0.25) is 0 Å². The molecule has 0 spiro atoms. The Morgan fingerprint density at radius 3 is 2.16 bits per heavy atom.